The number of hydrogen-bond donors (Lipinski definition) is 2. The molecule has 2 N–H and O–H groups in total. The molecule has 2 fully saturated rings. The normalized spacial score (nSPS) is 24.5. The van der Waals surface area contributed by atoms with E-state index in [9.17, 15) is 14.7 Å². The molecule has 3 rings (SSSR count). The van der Waals surface area contributed by atoms with Gasteiger partial charge in [-0.25, -0.2) is 14.6 Å². The average Bonchev–Trinajstić information content (AvgIpc) is 3.38. The molecule has 9 heteroatoms. The number of aliphatic hydroxyl groups is 1. The van der Waals surface area contributed by atoms with Crippen LogP contribution in [0.1, 0.15) is 62.9 Å². The third kappa shape index (κ3) is 6.21. The van der Waals surface area contributed by atoms with Crippen LogP contribution in [-0.4, -0.2) is 62.2 Å². The van der Waals surface area contributed by atoms with Crippen LogP contribution < -0.4 is 0 Å². The predicted octanol–water partition coefficient (Wildman–Crippen LogP) is 4.42. The average molecular weight is 455 g/mol. The van der Waals surface area contributed by atoms with Gasteiger partial charge in [-0.2, -0.15) is 0 Å². The molecule has 1 aliphatic carbocycles. The molecule has 1 amide bonds. The van der Waals surface area contributed by atoms with E-state index in [1.54, 1.807) is 4.90 Å². The summed E-state index contributed by atoms with van der Waals surface area (Å²) < 4.78 is 6.06. The molecular weight excluding hydrogens is 424 g/mol. The number of carbonyl (C=O) groups is 2. The summed E-state index contributed by atoms with van der Waals surface area (Å²) in [5.74, 6) is 0.173. The second kappa shape index (κ2) is 10.2. The Bertz CT molecular complexity index is 773. The minimum Gasteiger partial charge on any atom is -0.476 e. The SMILES string of the molecule is C[C@@H]1OC(=O)N(CCSc2nc(C(=O)O)cs2)[C@H]1C=CCC(C)(O)CC1CCCC1. The fourth-order valence-corrected chi connectivity index (χ4v) is 6.02. The van der Waals surface area contributed by atoms with Gasteiger partial charge in [0.15, 0.2) is 10.0 Å². The number of hydrogen-bond acceptors (Lipinski definition) is 7. The largest absolute Gasteiger partial charge is 0.476 e. The molecule has 0 bridgehead atoms. The number of aromatic carboxylic acids is 1. The number of carboxylic acids is 1. The summed E-state index contributed by atoms with van der Waals surface area (Å²) in [5.41, 5.74) is -0.687. The number of carbonyl (C=O) groups excluding carboxylic acids is 1. The van der Waals surface area contributed by atoms with Gasteiger partial charge in [0.2, 0.25) is 0 Å². The second-order valence-electron chi connectivity index (χ2n) is 8.41. The highest BCUT2D eigenvalue weighted by Gasteiger charge is 2.37. The first kappa shape index (κ1) is 23.1. The first-order valence-corrected chi connectivity index (χ1v) is 12.3. The lowest BCUT2D eigenvalue weighted by Crippen LogP contribution is -2.36. The zero-order chi connectivity index (χ0) is 21.7. The van der Waals surface area contributed by atoms with Gasteiger partial charge >= 0.3 is 12.1 Å². The van der Waals surface area contributed by atoms with Gasteiger partial charge in [-0.1, -0.05) is 49.6 Å². The highest BCUT2D eigenvalue weighted by molar-refractivity contribution is 8.01. The minimum atomic E-state index is -1.04. The summed E-state index contributed by atoms with van der Waals surface area (Å²) in [5, 5.41) is 21.2. The molecule has 30 heavy (non-hydrogen) atoms. The van der Waals surface area contributed by atoms with Crippen molar-refractivity contribution in [3.63, 3.8) is 0 Å². The number of cyclic esters (lactones) is 1. The summed E-state index contributed by atoms with van der Waals surface area (Å²) in [6.07, 6.45) is 9.66. The van der Waals surface area contributed by atoms with Crippen LogP contribution in [-0.2, 0) is 4.74 Å². The van der Waals surface area contributed by atoms with Crippen molar-refractivity contribution in [2.45, 2.75) is 74.5 Å². The molecule has 1 aliphatic heterocycles. The monoisotopic (exact) mass is 454 g/mol. The zero-order valence-corrected chi connectivity index (χ0v) is 19.1. The van der Waals surface area contributed by atoms with Crippen molar-refractivity contribution in [3.8, 4) is 0 Å². The fourth-order valence-electron chi connectivity index (χ4n) is 4.21. The lowest BCUT2D eigenvalue weighted by atomic mass is 9.88. The maximum Gasteiger partial charge on any atom is 0.410 e. The molecule has 0 aromatic carbocycles. The van der Waals surface area contributed by atoms with Gasteiger partial charge in [0, 0.05) is 17.7 Å². The maximum absolute atomic E-state index is 12.2. The highest BCUT2D eigenvalue weighted by Crippen LogP contribution is 2.33. The molecule has 2 heterocycles. The van der Waals surface area contributed by atoms with Crippen molar-refractivity contribution < 1.29 is 24.5 Å². The predicted molar refractivity (Wildman–Crippen MR) is 117 cm³/mol. The van der Waals surface area contributed by atoms with Crippen LogP contribution in [0.4, 0.5) is 4.79 Å². The Kier molecular flexibility index (Phi) is 7.81. The van der Waals surface area contributed by atoms with Crippen molar-refractivity contribution in [3.05, 3.63) is 23.2 Å². The van der Waals surface area contributed by atoms with Gasteiger partial charge in [-0.15, -0.1) is 11.3 Å². The molecule has 7 nitrogen and oxygen atoms in total. The fraction of sp³-hybridized carbons (Fsp3) is 0.667. The minimum absolute atomic E-state index is 0.0437. The molecule has 3 atom stereocenters. The lowest BCUT2D eigenvalue weighted by molar-refractivity contribution is 0.0372. The van der Waals surface area contributed by atoms with E-state index in [1.807, 2.05) is 26.0 Å². The molecule has 1 saturated heterocycles. The third-order valence-corrected chi connectivity index (χ3v) is 7.72. The van der Waals surface area contributed by atoms with Gasteiger partial charge < -0.3 is 14.9 Å². The van der Waals surface area contributed by atoms with E-state index in [-0.39, 0.29) is 23.9 Å². The van der Waals surface area contributed by atoms with Crippen LogP contribution in [0.5, 0.6) is 0 Å². The Morgan fingerprint density at radius 3 is 2.87 bits per heavy atom. The Hall–Kier alpha value is -1.58. The Morgan fingerprint density at radius 1 is 1.47 bits per heavy atom. The topological polar surface area (TPSA) is 100.0 Å². The number of aromatic nitrogens is 1. The number of thioether (sulfide) groups is 1. The van der Waals surface area contributed by atoms with Gasteiger partial charge in [-0.05, 0) is 32.6 Å². The molecule has 1 aromatic rings. The van der Waals surface area contributed by atoms with Crippen molar-refractivity contribution >= 4 is 35.2 Å². The summed E-state index contributed by atoms with van der Waals surface area (Å²) >= 11 is 2.71. The molecule has 1 saturated carbocycles. The number of rotatable bonds is 10. The van der Waals surface area contributed by atoms with E-state index in [0.717, 1.165) is 6.42 Å². The number of ether oxygens (including phenoxy) is 1. The van der Waals surface area contributed by atoms with Gasteiger partial charge in [0.05, 0.1) is 11.6 Å². The molecule has 2 aliphatic rings. The lowest BCUT2D eigenvalue weighted by Gasteiger charge is -2.26. The molecule has 1 unspecified atom stereocenters. The number of nitrogens with zero attached hydrogens (tertiary/aromatic N) is 2. The summed E-state index contributed by atoms with van der Waals surface area (Å²) in [7, 11) is 0. The van der Waals surface area contributed by atoms with Crippen LogP contribution in [0.2, 0.25) is 0 Å². The van der Waals surface area contributed by atoms with E-state index < -0.39 is 11.6 Å². The summed E-state index contributed by atoms with van der Waals surface area (Å²) in [6.45, 7) is 4.24. The van der Waals surface area contributed by atoms with Crippen molar-refractivity contribution in [2.75, 3.05) is 12.3 Å². The molecular formula is C21H30N2O5S2. The highest BCUT2D eigenvalue weighted by atomic mass is 32.2. The first-order chi connectivity index (χ1) is 14.2. The van der Waals surface area contributed by atoms with Gasteiger partial charge in [0.25, 0.3) is 0 Å². The third-order valence-electron chi connectivity index (χ3n) is 5.72. The number of thiazole rings is 1. The van der Waals surface area contributed by atoms with E-state index in [4.69, 9.17) is 9.84 Å². The molecule has 1 aromatic heterocycles. The quantitative estimate of drug-likeness (QED) is 0.399. The molecule has 0 radical (unpaired) electrons. The van der Waals surface area contributed by atoms with Gasteiger partial charge in [-0.3, -0.25) is 4.90 Å². The van der Waals surface area contributed by atoms with Crippen molar-refractivity contribution in [1.29, 1.82) is 0 Å². The van der Waals surface area contributed by atoms with Crippen LogP contribution >= 0.6 is 23.1 Å². The Labute approximate surface area is 185 Å². The van der Waals surface area contributed by atoms with Crippen LogP contribution in [0, 0.1) is 5.92 Å². The second-order valence-corrected chi connectivity index (χ2v) is 10.6. The van der Waals surface area contributed by atoms with E-state index in [1.165, 1.54) is 54.2 Å². The summed E-state index contributed by atoms with van der Waals surface area (Å²) in [6, 6.07) is -0.175. The van der Waals surface area contributed by atoms with Crippen LogP contribution in [0.3, 0.4) is 0 Å². The van der Waals surface area contributed by atoms with E-state index in [2.05, 4.69) is 4.98 Å². The molecule has 166 valence electrons. The Morgan fingerprint density at radius 2 is 2.20 bits per heavy atom. The summed E-state index contributed by atoms with van der Waals surface area (Å²) in [4.78, 5) is 28.9. The smallest absolute Gasteiger partial charge is 0.410 e. The first-order valence-electron chi connectivity index (χ1n) is 10.4. The van der Waals surface area contributed by atoms with E-state index in [0.29, 0.717) is 29.0 Å². The van der Waals surface area contributed by atoms with E-state index >= 15 is 0 Å². The van der Waals surface area contributed by atoms with Crippen LogP contribution in [0.15, 0.2) is 21.9 Å². The van der Waals surface area contributed by atoms with Gasteiger partial charge in [0.1, 0.15) is 6.10 Å². The molecule has 0 spiro atoms. The van der Waals surface area contributed by atoms with Crippen molar-refractivity contribution in [2.24, 2.45) is 5.92 Å². The van der Waals surface area contributed by atoms with Crippen molar-refractivity contribution in [1.82, 2.24) is 9.88 Å². The number of amides is 1. The number of carboxylic acid groups (broad SMARTS) is 1. The standard InChI is InChI=1S/C21H30N2O5S2/c1-14-17(8-5-9-21(2,27)12-15-6-3-4-7-15)23(20(26)28-14)10-11-29-19-22-16(13-30-19)18(24)25/h5,8,13-15,17,27H,3-4,6-7,9-12H2,1-2H3,(H,24,25)/t14-,17-,21?/m0/s1. The zero-order valence-electron chi connectivity index (χ0n) is 17.5. The maximum atomic E-state index is 12.2. The Balaban J connectivity index is 1.51. The van der Waals surface area contributed by atoms with Crippen LogP contribution in [0.25, 0.3) is 0 Å².